The van der Waals surface area contributed by atoms with Crippen molar-refractivity contribution in [1.82, 2.24) is 0 Å². The zero-order chi connectivity index (χ0) is 21.2. The number of fused-ring (bicyclic) bond motifs is 2. The maximum absolute atomic E-state index is 13.7. The molecule has 0 amide bonds. The molecule has 0 bridgehead atoms. The van der Waals surface area contributed by atoms with Gasteiger partial charge in [-0.1, -0.05) is 91.0 Å². The molecule has 0 aliphatic rings. The molecule has 0 aliphatic carbocycles. The molecule has 0 aliphatic heterocycles. The van der Waals surface area contributed by atoms with E-state index >= 15 is 0 Å². The van der Waals surface area contributed by atoms with Crippen molar-refractivity contribution in [3.63, 3.8) is 0 Å². The van der Waals surface area contributed by atoms with E-state index in [0.717, 1.165) is 16.2 Å². The standard InChI is InChI=1S/C28H18O3/c29-27(24-16-8-11-19-9-4-6-14-22(19)24)25-18-17-20-10-5-7-15-23(20)26(25)28(30)31-21-12-2-1-3-13-21/h1-18H. The van der Waals surface area contributed by atoms with Crippen LogP contribution in [-0.4, -0.2) is 11.8 Å². The van der Waals surface area contributed by atoms with Gasteiger partial charge in [-0.2, -0.15) is 0 Å². The van der Waals surface area contributed by atoms with Gasteiger partial charge < -0.3 is 4.74 Å². The van der Waals surface area contributed by atoms with Crippen LogP contribution in [0.4, 0.5) is 0 Å². The predicted octanol–water partition coefficient (Wildman–Crippen LogP) is 6.44. The summed E-state index contributed by atoms with van der Waals surface area (Å²) in [5, 5.41) is 3.39. The lowest BCUT2D eigenvalue weighted by Crippen LogP contribution is -2.16. The van der Waals surface area contributed by atoms with E-state index in [1.807, 2.05) is 72.8 Å². The molecule has 0 unspecified atom stereocenters. The van der Waals surface area contributed by atoms with E-state index in [-0.39, 0.29) is 11.3 Å². The van der Waals surface area contributed by atoms with Gasteiger partial charge in [0, 0.05) is 11.1 Å². The molecule has 0 saturated carbocycles. The van der Waals surface area contributed by atoms with Crippen molar-refractivity contribution in [2.45, 2.75) is 0 Å². The number of hydrogen-bond acceptors (Lipinski definition) is 3. The van der Waals surface area contributed by atoms with E-state index in [0.29, 0.717) is 22.3 Å². The third-order valence-electron chi connectivity index (χ3n) is 5.37. The number of carbonyl (C=O) groups is 2. The molecule has 0 aromatic heterocycles. The first-order valence-corrected chi connectivity index (χ1v) is 10.0. The van der Waals surface area contributed by atoms with Crippen molar-refractivity contribution in [3.8, 4) is 5.75 Å². The summed E-state index contributed by atoms with van der Waals surface area (Å²) < 4.78 is 5.63. The minimum atomic E-state index is -0.549. The minimum Gasteiger partial charge on any atom is -0.423 e. The van der Waals surface area contributed by atoms with E-state index in [1.54, 1.807) is 36.4 Å². The van der Waals surface area contributed by atoms with E-state index in [4.69, 9.17) is 4.74 Å². The summed E-state index contributed by atoms with van der Waals surface area (Å²) >= 11 is 0. The Hall–Kier alpha value is -4.24. The van der Waals surface area contributed by atoms with Crippen LogP contribution in [0.3, 0.4) is 0 Å². The Morgan fingerprint density at radius 3 is 1.90 bits per heavy atom. The minimum absolute atomic E-state index is 0.206. The van der Waals surface area contributed by atoms with Gasteiger partial charge in [0.05, 0.1) is 5.56 Å². The normalized spacial score (nSPS) is 10.8. The average Bonchev–Trinajstić information content (AvgIpc) is 2.83. The summed E-state index contributed by atoms with van der Waals surface area (Å²) in [4.78, 5) is 26.9. The summed E-state index contributed by atoms with van der Waals surface area (Å²) in [6.45, 7) is 0. The highest BCUT2D eigenvalue weighted by molar-refractivity contribution is 6.23. The number of esters is 1. The first-order chi connectivity index (χ1) is 15.2. The molecule has 5 aromatic carbocycles. The number of benzene rings is 5. The molecular weight excluding hydrogens is 384 g/mol. The molecule has 5 aromatic rings. The monoisotopic (exact) mass is 402 g/mol. The molecule has 3 nitrogen and oxygen atoms in total. The van der Waals surface area contributed by atoms with E-state index in [2.05, 4.69) is 0 Å². The summed E-state index contributed by atoms with van der Waals surface area (Å²) in [7, 11) is 0. The number of carbonyl (C=O) groups excluding carboxylic acids is 2. The lowest BCUT2D eigenvalue weighted by Gasteiger charge is -2.13. The smallest absolute Gasteiger partial charge is 0.344 e. The largest absolute Gasteiger partial charge is 0.423 e. The summed E-state index contributed by atoms with van der Waals surface area (Å²) in [5.41, 5.74) is 1.16. The molecule has 0 saturated heterocycles. The van der Waals surface area contributed by atoms with Crippen LogP contribution < -0.4 is 4.74 Å². The Kier molecular flexibility index (Phi) is 4.77. The fraction of sp³-hybridized carbons (Fsp3) is 0. The van der Waals surface area contributed by atoms with Crippen molar-refractivity contribution in [2.75, 3.05) is 0 Å². The zero-order valence-electron chi connectivity index (χ0n) is 16.6. The van der Waals surface area contributed by atoms with Crippen LogP contribution in [0, 0.1) is 0 Å². The highest BCUT2D eigenvalue weighted by Gasteiger charge is 2.23. The quantitative estimate of drug-likeness (QED) is 0.197. The number of para-hydroxylation sites is 1. The van der Waals surface area contributed by atoms with Crippen LogP contribution in [0.15, 0.2) is 109 Å². The van der Waals surface area contributed by atoms with Crippen LogP contribution in [0.1, 0.15) is 26.3 Å². The summed E-state index contributed by atoms with van der Waals surface area (Å²) in [6.07, 6.45) is 0. The SMILES string of the molecule is O=C(c1ccc2ccccc2c1C(=O)Oc1ccccc1)c1cccc2ccccc12. The lowest BCUT2D eigenvalue weighted by atomic mass is 9.91. The highest BCUT2D eigenvalue weighted by atomic mass is 16.5. The van der Waals surface area contributed by atoms with Gasteiger partial charge in [-0.3, -0.25) is 4.79 Å². The number of ketones is 1. The van der Waals surface area contributed by atoms with Gasteiger partial charge in [-0.25, -0.2) is 4.79 Å². The van der Waals surface area contributed by atoms with Crippen molar-refractivity contribution in [3.05, 3.63) is 126 Å². The summed E-state index contributed by atoms with van der Waals surface area (Å²) in [6, 6.07) is 33.4. The van der Waals surface area contributed by atoms with Crippen molar-refractivity contribution < 1.29 is 14.3 Å². The van der Waals surface area contributed by atoms with Crippen LogP contribution in [-0.2, 0) is 0 Å². The van der Waals surface area contributed by atoms with Gasteiger partial charge in [-0.05, 0) is 39.7 Å². The van der Waals surface area contributed by atoms with Gasteiger partial charge >= 0.3 is 5.97 Å². The van der Waals surface area contributed by atoms with Gasteiger partial charge in [-0.15, -0.1) is 0 Å². The van der Waals surface area contributed by atoms with E-state index in [1.165, 1.54) is 0 Å². The van der Waals surface area contributed by atoms with Gasteiger partial charge in [0.15, 0.2) is 5.78 Å². The van der Waals surface area contributed by atoms with Crippen LogP contribution in [0.2, 0.25) is 0 Å². The molecule has 3 heteroatoms. The van der Waals surface area contributed by atoms with Gasteiger partial charge in [0.1, 0.15) is 5.75 Å². The second kappa shape index (κ2) is 7.88. The third-order valence-corrected chi connectivity index (χ3v) is 5.37. The number of ether oxygens (including phenoxy) is 1. The topological polar surface area (TPSA) is 43.4 Å². The van der Waals surface area contributed by atoms with E-state index < -0.39 is 5.97 Å². The lowest BCUT2D eigenvalue weighted by molar-refractivity contribution is 0.0732. The molecule has 0 heterocycles. The Morgan fingerprint density at radius 2 is 1.13 bits per heavy atom. The number of rotatable bonds is 4. The molecule has 5 rings (SSSR count). The molecule has 0 atom stereocenters. The van der Waals surface area contributed by atoms with Gasteiger partial charge in [0.25, 0.3) is 0 Å². The molecule has 0 fully saturated rings. The Labute approximate surface area is 179 Å². The fourth-order valence-electron chi connectivity index (χ4n) is 3.90. The predicted molar refractivity (Wildman–Crippen MR) is 123 cm³/mol. The maximum Gasteiger partial charge on any atom is 0.344 e. The van der Waals surface area contributed by atoms with Crippen LogP contribution in [0.5, 0.6) is 5.75 Å². The Balaban J connectivity index is 1.69. The second-order valence-corrected chi connectivity index (χ2v) is 7.27. The number of hydrogen-bond donors (Lipinski definition) is 0. The van der Waals surface area contributed by atoms with Crippen LogP contribution >= 0.6 is 0 Å². The van der Waals surface area contributed by atoms with E-state index in [9.17, 15) is 9.59 Å². The molecule has 0 N–H and O–H groups in total. The highest BCUT2D eigenvalue weighted by Crippen LogP contribution is 2.28. The van der Waals surface area contributed by atoms with Crippen molar-refractivity contribution in [1.29, 1.82) is 0 Å². The molecular formula is C28H18O3. The molecule has 148 valence electrons. The average molecular weight is 402 g/mol. The summed E-state index contributed by atoms with van der Waals surface area (Å²) in [5.74, 6) is -0.321. The maximum atomic E-state index is 13.7. The first kappa shape index (κ1) is 18.8. The van der Waals surface area contributed by atoms with Crippen LogP contribution in [0.25, 0.3) is 21.5 Å². The first-order valence-electron chi connectivity index (χ1n) is 10.0. The third kappa shape index (κ3) is 3.47. The Morgan fingerprint density at radius 1 is 0.516 bits per heavy atom. The van der Waals surface area contributed by atoms with Gasteiger partial charge in [0.2, 0.25) is 0 Å². The Bertz CT molecular complexity index is 1430. The fourth-order valence-corrected chi connectivity index (χ4v) is 3.90. The molecule has 31 heavy (non-hydrogen) atoms. The molecule has 0 radical (unpaired) electrons. The second-order valence-electron chi connectivity index (χ2n) is 7.27. The van der Waals surface area contributed by atoms with Crippen molar-refractivity contribution in [2.24, 2.45) is 0 Å². The van der Waals surface area contributed by atoms with Crippen molar-refractivity contribution >= 4 is 33.3 Å². The molecule has 0 spiro atoms. The zero-order valence-corrected chi connectivity index (χ0v) is 16.6.